The van der Waals surface area contributed by atoms with Crippen molar-refractivity contribution in [1.29, 1.82) is 0 Å². The Morgan fingerprint density at radius 2 is 1.86 bits per heavy atom. The van der Waals surface area contributed by atoms with E-state index in [-0.39, 0.29) is 12.6 Å². The molecule has 112 valence electrons. The van der Waals surface area contributed by atoms with Gasteiger partial charge in [-0.3, -0.25) is 0 Å². The van der Waals surface area contributed by atoms with Crippen LogP contribution < -0.4 is 10.6 Å². The van der Waals surface area contributed by atoms with Crippen LogP contribution in [-0.2, 0) is 0 Å². The molecule has 22 heavy (non-hydrogen) atoms. The average Bonchev–Trinajstić information content (AvgIpc) is 2.48. The maximum absolute atomic E-state index is 11.7. The molecule has 3 nitrogen and oxygen atoms in total. The first-order chi connectivity index (χ1) is 10.5. The third kappa shape index (κ3) is 5.16. The van der Waals surface area contributed by atoms with Crippen LogP contribution in [0.3, 0.4) is 0 Å². The van der Waals surface area contributed by atoms with E-state index in [4.69, 9.17) is 34.8 Å². The number of urea groups is 1. The molecule has 2 rings (SSSR count). The minimum Gasteiger partial charge on any atom is -0.327 e. The minimum atomic E-state index is -0.376. The molecule has 0 radical (unpaired) electrons. The van der Waals surface area contributed by atoms with Crippen LogP contribution in [0.1, 0.15) is 5.56 Å². The first-order valence-corrected chi connectivity index (χ1v) is 7.42. The van der Waals surface area contributed by atoms with Crippen molar-refractivity contribution in [3.8, 4) is 11.8 Å². The van der Waals surface area contributed by atoms with Crippen molar-refractivity contribution < 1.29 is 4.79 Å². The molecule has 2 aromatic rings. The number of rotatable bonds is 2. The molecule has 0 spiro atoms. The van der Waals surface area contributed by atoms with Gasteiger partial charge in [0.25, 0.3) is 0 Å². The lowest BCUT2D eigenvalue weighted by Gasteiger charge is -2.06. The predicted octanol–water partition coefficient (Wildman–Crippen LogP) is 4.82. The summed E-state index contributed by atoms with van der Waals surface area (Å²) >= 11 is 17.5. The van der Waals surface area contributed by atoms with Gasteiger partial charge in [0, 0.05) is 16.3 Å². The molecule has 0 aliphatic carbocycles. The van der Waals surface area contributed by atoms with Gasteiger partial charge in [-0.1, -0.05) is 52.7 Å². The SMILES string of the molecule is O=C(NCC#Cc1cccc(Cl)c1)Nc1ccc(Cl)c(Cl)c1. The van der Waals surface area contributed by atoms with E-state index in [1.165, 1.54) is 0 Å². The Hall–Kier alpha value is -1.86. The van der Waals surface area contributed by atoms with Crippen molar-refractivity contribution in [1.82, 2.24) is 5.32 Å². The lowest BCUT2D eigenvalue weighted by Crippen LogP contribution is -2.28. The Morgan fingerprint density at radius 3 is 2.59 bits per heavy atom. The second-order valence-electron chi connectivity index (χ2n) is 4.25. The number of carbonyl (C=O) groups is 1. The van der Waals surface area contributed by atoms with Crippen molar-refractivity contribution in [2.45, 2.75) is 0 Å². The molecule has 0 heterocycles. The molecule has 0 unspecified atom stereocenters. The normalized spacial score (nSPS) is 9.59. The summed E-state index contributed by atoms with van der Waals surface area (Å²) < 4.78 is 0. The fraction of sp³-hybridized carbons (Fsp3) is 0.0625. The van der Waals surface area contributed by atoms with Gasteiger partial charge in [-0.15, -0.1) is 0 Å². The van der Waals surface area contributed by atoms with Crippen LogP contribution in [0.15, 0.2) is 42.5 Å². The largest absolute Gasteiger partial charge is 0.327 e. The fourth-order valence-electron chi connectivity index (χ4n) is 1.59. The first-order valence-electron chi connectivity index (χ1n) is 6.29. The number of halogens is 3. The van der Waals surface area contributed by atoms with Crippen LogP contribution in [0.2, 0.25) is 15.1 Å². The topological polar surface area (TPSA) is 41.1 Å². The molecule has 0 saturated heterocycles. The van der Waals surface area contributed by atoms with Gasteiger partial charge in [0.2, 0.25) is 0 Å². The smallest absolute Gasteiger partial charge is 0.319 e. The molecule has 0 aliphatic rings. The fourth-order valence-corrected chi connectivity index (χ4v) is 2.07. The first kappa shape index (κ1) is 16.5. The van der Waals surface area contributed by atoms with Gasteiger partial charge in [-0.25, -0.2) is 4.79 Å². The third-order valence-electron chi connectivity index (χ3n) is 2.57. The van der Waals surface area contributed by atoms with Crippen LogP contribution in [-0.4, -0.2) is 12.6 Å². The molecule has 6 heteroatoms. The van der Waals surface area contributed by atoms with Crippen LogP contribution in [0.5, 0.6) is 0 Å². The zero-order valence-corrected chi connectivity index (χ0v) is 13.6. The number of nitrogens with one attached hydrogen (secondary N) is 2. The summed E-state index contributed by atoms with van der Waals surface area (Å²) in [4.78, 5) is 11.7. The maximum Gasteiger partial charge on any atom is 0.319 e. The summed E-state index contributed by atoms with van der Waals surface area (Å²) in [5.74, 6) is 5.74. The van der Waals surface area contributed by atoms with Gasteiger partial charge in [0.05, 0.1) is 16.6 Å². The van der Waals surface area contributed by atoms with Gasteiger partial charge in [-0.05, 0) is 36.4 Å². The highest BCUT2D eigenvalue weighted by Crippen LogP contribution is 2.24. The Balaban J connectivity index is 1.84. The summed E-state index contributed by atoms with van der Waals surface area (Å²) in [7, 11) is 0. The lowest BCUT2D eigenvalue weighted by atomic mass is 10.2. The number of benzene rings is 2. The summed E-state index contributed by atoms with van der Waals surface area (Å²) in [6, 6.07) is 11.6. The highest BCUT2D eigenvalue weighted by molar-refractivity contribution is 6.42. The van der Waals surface area contributed by atoms with E-state index in [1.807, 2.05) is 12.1 Å². The molecular formula is C16H11Cl3N2O. The van der Waals surface area contributed by atoms with Crippen LogP contribution in [0.25, 0.3) is 0 Å². The minimum absolute atomic E-state index is 0.208. The molecule has 0 fully saturated rings. The second-order valence-corrected chi connectivity index (χ2v) is 5.50. The second kappa shape index (κ2) is 7.95. The molecule has 2 amide bonds. The number of amides is 2. The molecule has 2 N–H and O–H groups in total. The van der Waals surface area contributed by atoms with Crippen molar-refractivity contribution in [2.75, 3.05) is 11.9 Å². The summed E-state index contributed by atoms with van der Waals surface area (Å²) in [5, 5.41) is 6.68. The molecule has 0 aromatic heterocycles. The van der Waals surface area contributed by atoms with Crippen molar-refractivity contribution in [3.05, 3.63) is 63.1 Å². The zero-order valence-electron chi connectivity index (χ0n) is 11.3. The number of anilines is 1. The molecule has 0 saturated carbocycles. The van der Waals surface area contributed by atoms with Gasteiger partial charge in [0.15, 0.2) is 0 Å². The monoisotopic (exact) mass is 352 g/mol. The van der Waals surface area contributed by atoms with Crippen LogP contribution in [0, 0.1) is 11.8 Å². The third-order valence-corrected chi connectivity index (χ3v) is 3.55. The summed E-state index contributed by atoms with van der Waals surface area (Å²) in [6.07, 6.45) is 0. The van der Waals surface area contributed by atoms with E-state index in [0.29, 0.717) is 20.8 Å². The van der Waals surface area contributed by atoms with E-state index >= 15 is 0 Å². The van der Waals surface area contributed by atoms with Crippen LogP contribution in [0.4, 0.5) is 10.5 Å². The Kier molecular flexibility index (Phi) is 5.97. The van der Waals surface area contributed by atoms with E-state index in [2.05, 4.69) is 22.5 Å². The standard InChI is InChI=1S/C16H11Cl3N2O/c17-12-5-1-3-11(9-12)4-2-8-20-16(22)21-13-6-7-14(18)15(19)10-13/h1,3,5-7,9-10H,8H2,(H2,20,21,22). The number of hydrogen-bond donors (Lipinski definition) is 2. The molecule has 0 bridgehead atoms. The zero-order chi connectivity index (χ0) is 15.9. The van der Waals surface area contributed by atoms with Crippen LogP contribution >= 0.6 is 34.8 Å². The van der Waals surface area contributed by atoms with Crippen molar-refractivity contribution in [3.63, 3.8) is 0 Å². The van der Waals surface area contributed by atoms with E-state index < -0.39 is 0 Å². The molecule has 2 aromatic carbocycles. The van der Waals surface area contributed by atoms with Crippen molar-refractivity contribution in [2.24, 2.45) is 0 Å². The maximum atomic E-state index is 11.7. The lowest BCUT2D eigenvalue weighted by molar-refractivity contribution is 0.253. The number of carbonyl (C=O) groups excluding carboxylic acids is 1. The quantitative estimate of drug-likeness (QED) is 0.747. The number of hydrogen-bond acceptors (Lipinski definition) is 1. The van der Waals surface area contributed by atoms with Gasteiger partial charge in [-0.2, -0.15) is 0 Å². The highest BCUT2D eigenvalue weighted by atomic mass is 35.5. The van der Waals surface area contributed by atoms with Gasteiger partial charge < -0.3 is 10.6 Å². The summed E-state index contributed by atoms with van der Waals surface area (Å²) in [6.45, 7) is 0.208. The van der Waals surface area contributed by atoms with Gasteiger partial charge in [0.1, 0.15) is 0 Å². The van der Waals surface area contributed by atoms with E-state index in [0.717, 1.165) is 5.56 Å². The van der Waals surface area contributed by atoms with E-state index in [1.54, 1.807) is 30.3 Å². The Bertz CT molecular complexity index is 751. The predicted molar refractivity (Wildman–Crippen MR) is 91.8 cm³/mol. The van der Waals surface area contributed by atoms with Gasteiger partial charge >= 0.3 is 6.03 Å². The van der Waals surface area contributed by atoms with E-state index in [9.17, 15) is 4.79 Å². The summed E-state index contributed by atoms with van der Waals surface area (Å²) in [5.41, 5.74) is 1.34. The Labute approximate surface area is 143 Å². The molecule has 0 atom stereocenters. The van der Waals surface area contributed by atoms with Crippen molar-refractivity contribution >= 4 is 46.5 Å². The molecular weight excluding hydrogens is 343 g/mol. The average molecular weight is 354 g/mol. The Morgan fingerprint density at radius 1 is 1.05 bits per heavy atom. The highest BCUT2D eigenvalue weighted by Gasteiger charge is 2.02. The molecule has 0 aliphatic heterocycles.